The number of nitrogens with one attached hydrogen (secondary N) is 1. The van der Waals surface area contributed by atoms with E-state index < -0.39 is 0 Å². The van der Waals surface area contributed by atoms with E-state index in [-0.39, 0.29) is 5.91 Å². The third kappa shape index (κ3) is 5.19. The Hall–Kier alpha value is -2.11. The molecule has 3 rings (SSSR count). The number of hydrogen-bond donors (Lipinski definition) is 1. The van der Waals surface area contributed by atoms with Crippen LogP contribution in [0.2, 0.25) is 0 Å². The number of carbonyl (C=O) groups is 1. The third-order valence-electron chi connectivity index (χ3n) is 4.03. The van der Waals surface area contributed by atoms with Crippen LogP contribution < -0.4 is 5.32 Å². The van der Waals surface area contributed by atoms with Crippen LogP contribution in [0.3, 0.4) is 0 Å². The number of carbonyl (C=O) groups excluding carboxylic acids is 1. The molecule has 1 aromatic heterocycles. The molecule has 5 heteroatoms. The van der Waals surface area contributed by atoms with Crippen molar-refractivity contribution in [1.29, 1.82) is 0 Å². The molecule has 0 unspecified atom stereocenters. The fourth-order valence-corrected chi connectivity index (χ4v) is 4.38. The first-order valence-corrected chi connectivity index (χ1v) is 10.5. The molecule has 0 radical (unpaired) electrons. The van der Waals surface area contributed by atoms with Crippen molar-refractivity contribution in [2.24, 2.45) is 0 Å². The zero-order valence-corrected chi connectivity index (χ0v) is 16.6. The lowest BCUT2D eigenvalue weighted by molar-refractivity contribution is -0.115. The number of anilines is 1. The van der Waals surface area contributed by atoms with E-state index in [1.165, 1.54) is 11.1 Å². The van der Waals surface area contributed by atoms with E-state index in [0.717, 1.165) is 33.5 Å². The standard InChI is InChI=1S/C21H22N2OS2/c1-3-17-6-4-5-7-19(17)23-20(24)12-18-14-26-21(22-18)25-13-16-10-8-15(2)9-11-16/h4-11,14H,3,12-13H2,1-2H3,(H,23,24). The second kappa shape index (κ2) is 9.01. The van der Waals surface area contributed by atoms with Crippen LogP contribution in [-0.2, 0) is 23.4 Å². The highest BCUT2D eigenvalue weighted by molar-refractivity contribution is 8.00. The van der Waals surface area contributed by atoms with E-state index in [1.807, 2.05) is 29.6 Å². The van der Waals surface area contributed by atoms with Crippen molar-refractivity contribution >= 4 is 34.7 Å². The van der Waals surface area contributed by atoms with Crippen molar-refractivity contribution in [2.45, 2.75) is 36.8 Å². The van der Waals surface area contributed by atoms with Crippen molar-refractivity contribution in [3.05, 3.63) is 76.3 Å². The highest BCUT2D eigenvalue weighted by atomic mass is 32.2. The molecular formula is C21H22N2OS2. The minimum atomic E-state index is -0.0220. The van der Waals surface area contributed by atoms with Gasteiger partial charge in [-0.3, -0.25) is 4.79 Å². The molecular weight excluding hydrogens is 360 g/mol. The summed E-state index contributed by atoms with van der Waals surface area (Å²) in [6.45, 7) is 4.18. The van der Waals surface area contributed by atoms with E-state index in [4.69, 9.17) is 0 Å². The quantitative estimate of drug-likeness (QED) is 0.550. The smallest absolute Gasteiger partial charge is 0.230 e. The molecule has 1 heterocycles. The van der Waals surface area contributed by atoms with Gasteiger partial charge in [0, 0.05) is 16.8 Å². The summed E-state index contributed by atoms with van der Waals surface area (Å²) in [5.41, 5.74) is 5.42. The summed E-state index contributed by atoms with van der Waals surface area (Å²) in [6, 6.07) is 16.5. The second-order valence-corrected chi connectivity index (χ2v) is 8.20. The molecule has 0 atom stereocenters. The third-order valence-corrected chi connectivity index (χ3v) is 6.17. The Morgan fingerprint density at radius 2 is 1.92 bits per heavy atom. The Morgan fingerprint density at radius 3 is 2.69 bits per heavy atom. The molecule has 3 aromatic rings. The van der Waals surface area contributed by atoms with Gasteiger partial charge in [0.25, 0.3) is 0 Å². The fourth-order valence-electron chi connectivity index (χ4n) is 2.57. The van der Waals surface area contributed by atoms with Gasteiger partial charge in [-0.15, -0.1) is 11.3 Å². The van der Waals surface area contributed by atoms with Crippen molar-refractivity contribution < 1.29 is 4.79 Å². The maximum Gasteiger partial charge on any atom is 0.230 e. The largest absolute Gasteiger partial charge is 0.325 e. The van der Waals surface area contributed by atoms with Crippen molar-refractivity contribution in [3.8, 4) is 0 Å². The predicted molar refractivity (Wildman–Crippen MR) is 111 cm³/mol. The van der Waals surface area contributed by atoms with E-state index >= 15 is 0 Å². The Kier molecular flexibility index (Phi) is 6.47. The molecule has 0 spiro atoms. The summed E-state index contributed by atoms with van der Waals surface area (Å²) in [5.74, 6) is 0.870. The number of thioether (sulfide) groups is 1. The number of aryl methyl sites for hydroxylation is 2. The molecule has 134 valence electrons. The lowest BCUT2D eigenvalue weighted by Gasteiger charge is -2.08. The highest BCUT2D eigenvalue weighted by Gasteiger charge is 2.10. The first-order valence-electron chi connectivity index (χ1n) is 8.64. The van der Waals surface area contributed by atoms with Gasteiger partial charge in [0.1, 0.15) is 4.34 Å². The first-order chi connectivity index (χ1) is 12.6. The van der Waals surface area contributed by atoms with E-state index in [0.29, 0.717) is 6.42 Å². The van der Waals surface area contributed by atoms with Crippen LogP contribution in [0.1, 0.15) is 29.3 Å². The minimum absolute atomic E-state index is 0.0220. The SMILES string of the molecule is CCc1ccccc1NC(=O)Cc1csc(SCc2ccc(C)cc2)n1. The molecule has 3 nitrogen and oxygen atoms in total. The van der Waals surface area contributed by atoms with E-state index in [1.54, 1.807) is 23.1 Å². The average Bonchev–Trinajstić information content (AvgIpc) is 3.09. The number of para-hydroxylation sites is 1. The van der Waals surface area contributed by atoms with Crippen molar-refractivity contribution in [3.63, 3.8) is 0 Å². The monoisotopic (exact) mass is 382 g/mol. The van der Waals surface area contributed by atoms with Crippen LogP contribution in [-0.4, -0.2) is 10.9 Å². The lowest BCUT2D eigenvalue weighted by Crippen LogP contribution is -2.15. The second-order valence-electron chi connectivity index (χ2n) is 6.11. The number of aromatic nitrogens is 1. The van der Waals surface area contributed by atoms with Gasteiger partial charge in [0.15, 0.2) is 0 Å². The maximum absolute atomic E-state index is 12.3. The molecule has 0 saturated carbocycles. The number of amides is 1. The lowest BCUT2D eigenvalue weighted by atomic mass is 10.1. The molecule has 0 aliphatic rings. The normalized spacial score (nSPS) is 10.7. The molecule has 1 amide bonds. The zero-order chi connectivity index (χ0) is 18.4. The van der Waals surface area contributed by atoms with Crippen molar-refractivity contribution in [2.75, 3.05) is 5.32 Å². The van der Waals surface area contributed by atoms with Crippen LogP contribution in [0.4, 0.5) is 5.69 Å². The molecule has 0 bridgehead atoms. The number of nitrogens with zero attached hydrogens (tertiary/aromatic N) is 1. The summed E-state index contributed by atoms with van der Waals surface area (Å²) >= 11 is 3.31. The highest BCUT2D eigenvalue weighted by Crippen LogP contribution is 2.26. The maximum atomic E-state index is 12.3. The van der Waals surface area contributed by atoms with Gasteiger partial charge in [0.2, 0.25) is 5.91 Å². The van der Waals surface area contributed by atoms with Gasteiger partial charge in [-0.05, 0) is 30.5 Å². The Morgan fingerprint density at radius 1 is 1.15 bits per heavy atom. The summed E-state index contributed by atoms with van der Waals surface area (Å²) < 4.78 is 1.00. The van der Waals surface area contributed by atoms with Gasteiger partial charge >= 0.3 is 0 Å². The van der Waals surface area contributed by atoms with Crippen LogP contribution >= 0.6 is 23.1 Å². The molecule has 2 aromatic carbocycles. The number of hydrogen-bond acceptors (Lipinski definition) is 4. The Bertz CT molecular complexity index is 872. The molecule has 0 saturated heterocycles. The number of rotatable bonds is 7. The zero-order valence-electron chi connectivity index (χ0n) is 15.0. The topological polar surface area (TPSA) is 42.0 Å². The fraction of sp³-hybridized carbons (Fsp3) is 0.238. The van der Waals surface area contributed by atoms with Gasteiger partial charge in [-0.25, -0.2) is 4.98 Å². The molecule has 0 aliphatic carbocycles. The minimum Gasteiger partial charge on any atom is -0.325 e. The van der Waals surface area contributed by atoms with Crippen LogP contribution in [0.25, 0.3) is 0 Å². The van der Waals surface area contributed by atoms with Gasteiger partial charge in [-0.2, -0.15) is 0 Å². The van der Waals surface area contributed by atoms with E-state index in [2.05, 4.69) is 48.4 Å². The summed E-state index contributed by atoms with van der Waals surface area (Å²) in [6.07, 6.45) is 1.20. The molecule has 1 N–H and O–H groups in total. The first kappa shape index (κ1) is 18.7. The Balaban J connectivity index is 1.54. The Labute approximate surface area is 162 Å². The predicted octanol–water partition coefficient (Wildman–Crippen LogP) is 5.49. The van der Waals surface area contributed by atoms with Gasteiger partial charge < -0.3 is 5.32 Å². The molecule has 0 aliphatic heterocycles. The number of benzene rings is 2. The van der Waals surface area contributed by atoms with Crippen molar-refractivity contribution in [1.82, 2.24) is 4.98 Å². The average molecular weight is 383 g/mol. The summed E-state index contributed by atoms with van der Waals surface area (Å²) in [7, 11) is 0. The van der Waals surface area contributed by atoms with Crippen LogP contribution in [0.15, 0.2) is 58.3 Å². The summed E-state index contributed by atoms with van der Waals surface area (Å²) in [5, 5.41) is 4.98. The molecule has 26 heavy (non-hydrogen) atoms. The van der Waals surface area contributed by atoms with Crippen LogP contribution in [0, 0.1) is 6.92 Å². The van der Waals surface area contributed by atoms with Gasteiger partial charge in [-0.1, -0.05) is 66.7 Å². The molecule has 0 fully saturated rings. The van der Waals surface area contributed by atoms with Crippen LogP contribution in [0.5, 0.6) is 0 Å². The summed E-state index contributed by atoms with van der Waals surface area (Å²) in [4.78, 5) is 16.9. The van der Waals surface area contributed by atoms with Gasteiger partial charge in [0.05, 0.1) is 12.1 Å². The number of thiazole rings is 1. The van der Waals surface area contributed by atoms with E-state index in [9.17, 15) is 4.79 Å².